The minimum Gasteiger partial charge on any atom is -0.339 e. The fraction of sp³-hybridized carbons (Fsp3) is 0.364. The molecule has 0 atom stereocenters. The van der Waals surface area contributed by atoms with Gasteiger partial charge in [-0.2, -0.15) is 13.2 Å². The molecule has 2 amide bonds. The quantitative estimate of drug-likeness (QED) is 0.694. The number of benzene rings is 2. The van der Waals surface area contributed by atoms with Crippen molar-refractivity contribution in [3.05, 3.63) is 58.7 Å². The zero-order valence-corrected chi connectivity index (χ0v) is 18.9. The number of halogens is 3. The van der Waals surface area contributed by atoms with Crippen LogP contribution < -0.4 is 10.5 Å². The Morgan fingerprint density at radius 2 is 1.64 bits per heavy atom. The van der Waals surface area contributed by atoms with Gasteiger partial charge >= 0.3 is 6.18 Å². The second kappa shape index (κ2) is 9.14. The molecule has 1 fully saturated rings. The number of hydrogen-bond acceptors (Lipinski definition) is 4. The molecule has 3 N–H and O–H groups in total. The van der Waals surface area contributed by atoms with Crippen LogP contribution in [-0.4, -0.2) is 38.2 Å². The predicted octanol–water partition coefficient (Wildman–Crippen LogP) is 3.46. The first-order valence-electron chi connectivity index (χ1n) is 10.2. The fourth-order valence-electron chi connectivity index (χ4n) is 3.68. The maximum absolute atomic E-state index is 12.8. The van der Waals surface area contributed by atoms with E-state index >= 15 is 0 Å². The molecule has 1 saturated heterocycles. The minimum atomic E-state index is -4.47. The Bertz CT molecular complexity index is 1170. The second-order valence-electron chi connectivity index (χ2n) is 8.09. The Balaban J connectivity index is 1.64. The molecule has 11 heteroatoms. The average Bonchev–Trinajstić information content (AvgIpc) is 2.75. The maximum Gasteiger partial charge on any atom is 0.416 e. The van der Waals surface area contributed by atoms with E-state index < -0.39 is 33.6 Å². The van der Waals surface area contributed by atoms with Gasteiger partial charge in [-0.3, -0.25) is 9.59 Å². The molecule has 178 valence electrons. The molecule has 3 rings (SSSR count). The molecule has 0 spiro atoms. The van der Waals surface area contributed by atoms with E-state index in [1.165, 1.54) is 17.0 Å². The summed E-state index contributed by atoms with van der Waals surface area (Å²) in [6, 6.07) is 6.78. The number of anilines is 1. The van der Waals surface area contributed by atoms with Gasteiger partial charge in [-0.05, 0) is 74.2 Å². The van der Waals surface area contributed by atoms with Gasteiger partial charge < -0.3 is 10.2 Å². The van der Waals surface area contributed by atoms with E-state index in [2.05, 4.69) is 5.32 Å². The summed E-state index contributed by atoms with van der Waals surface area (Å²) in [4.78, 5) is 26.8. The van der Waals surface area contributed by atoms with Gasteiger partial charge in [-0.1, -0.05) is 0 Å². The molecule has 0 radical (unpaired) electrons. The van der Waals surface area contributed by atoms with Crippen molar-refractivity contribution in [2.75, 3.05) is 18.4 Å². The molecule has 2 aromatic carbocycles. The number of hydrogen-bond donors (Lipinski definition) is 2. The summed E-state index contributed by atoms with van der Waals surface area (Å²) in [6.07, 6.45) is -3.74. The molecule has 1 aliphatic heterocycles. The highest BCUT2D eigenvalue weighted by atomic mass is 32.2. The van der Waals surface area contributed by atoms with Crippen LogP contribution in [0.1, 0.15) is 39.9 Å². The number of nitrogens with one attached hydrogen (secondary N) is 1. The van der Waals surface area contributed by atoms with Crippen LogP contribution in [0.5, 0.6) is 0 Å². The molecule has 0 saturated carbocycles. The van der Waals surface area contributed by atoms with E-state index in [0.717, 1.165) is 24.3 Å². The van der Waals surface area contributed by atoms with E-state index in [4.69, 9.17) is 5.14 Å². The van der Waals surface area contributed by atoms with E-state index in [-0.39, 0.29) is 29.5 Å². The monoisotopic (exact) mass is 483 g/mol. The number of nitrogens with zero attached hydrogens (tertiary/aromatic N) is 1. The summed E-state index contributed by atoms with van der Waals surface area (Å²) in [6.45, 7) is 4.01. The van der Waals surface area contributed by atoms with Crippen molar-refractivity contribution in [2.45, 2.75) is 37.8 Å². The van der Waals surface area contributed by atoms with Crippen molar-refractivity contribution >= 4 is 27.5 Å². The molecule has 7 nitrogen and oxygen atoms in total. The highest BCUT2D eigenvalue weighted by Gasteiger charge is 2.31. The summed E-state index contributed by atoms with van der Waals surface area (Å²) >= 11 is 0. The van der Waals surface area contributed by atoms with Gasteiger partial charge in [0.15, 0.2) is 0 Å². The van der Waals surface area contributed by atoms with Crippen LogP contribution in [0.15, 0.2) is 41.3 Å². The number of carbonyl (C=O) groups is 2. The highest BCUT2D eigenvalue weighted by molar-refractivity contribution is 7.89. The molecule has 2 aromatic rings. The Labute approximate surface area is 189 Å². The molecule has 0 unspecified atom stereocenters. The minimum absolute atomic E-state index is 0.0992. The summed E-state index contributed by atoms with van der Waals surface area (Å²) < 4.78 is 61.5. The SMILES string of the molecule is Cc1cc(S(N)(=O)=O)cc(NC(=O)C2CCN(C(=O)c3ccc(C(F)(F)F)cc3)CC2)c1C. The van der Waals surface area contributed by atoms with Crippen molar-refractivity contribution in [1.29, 1.82) is 0 Å². The number of rotatable bonds is 4. The van der Waals surface area contributed by atoms with Gasteiger partial charge in [0.2, 0.25) is 15.9 Å². The van der Waals surface area contributed by atoms with Crippen LogP contribution in [0.25, 0.3) is 0 Å². The normalized spacial score (nSPS) is 15.4. The van der Waals surface area contributed by atoms with E-state index in [9.17, 15) is 31.2 Å². The Kier molecular flexibility index (Phi) is 6.85. The van der Waals surface area contributed by atoms with Gasteiger partial charge in [-0.15, -0.1) is 0 Å². The lowest BCUT2D eigenvalue weighted by Crippen LogP contribution is -2.41. The number of amides is 2. The number of nitrogens with two attached hydrogens (primary N) is 1. The zero-order valence-electron chi connectivity index (χ0n) is 18.1. The van der Waals surface area contributed by atoms with Crippen molar-refractivity contribution in [3.63, 3.8) is 0 Å². The number of primary sulfonamides is 1. The van der Waals surface area contributed by atoms with Crippen LogP contribution in [0.4, 0.5) is 18.9 Å². The van der Waals surface area contributed by atoms with Crippen molar-refractivity contribution < 1.29 is 31.2 Å². The third-order valence-electron chi connectivity index (χ3n) is 5.84. The molecule has 1 heterocycles. The Morgan fingerprint density at radius 3 is 2.15 bits per heavy atom. The molecule has 1 aliphatic rings. The number of carbonyl (C=O) groups excluding carboxylic acids is 2. The zero-order chi connectivity index (χ0) is 24.6. The Hall–Kier alpha value is -2.92. The predicted molar refractivity (Wildman–Crippen MR) is 116 cm³/mol. The topological polar surface area (TPSA) is 110 Å². The third-order valence-corrected chi connectivity index (χ3v) is 6.73. The molecule has 0 bridgehead atoms. The van der Waals surface area contributed by atoms with E-state index in [0.29, 0.717) is 29.7 Å². The molecule has 33 heavy (non-hydrogen) atoms. The largest absolute Gasteiger partial charge is 0.416 e. The van der Waals surface area contributed by atoms with Gasteiger partial charge in [0.05, 0.1) is 10.5 Å². The van der Waals surface area contributed by atoms with Gasteiger partial charge in [0.25, 0.3) is 5.91 Å². The third kappa shape index (κ3) is 5.72. The van der Waals surface area contributed by atoms with Crippen molar-refractivity contribution in [3.8, 4) is 0 Å². The lowest BCUT2D eigenvalue weighted by Gasteiger charge is -2.31. The van der Waals surface area contributed by atoms with E-state index in [1.54, 1.807) is 13.8 Å². The summed E-state index contributed by atoms with van der Waals surface area (Å²) in [5.74, 6) is -1.10. The first-order chi connectivity index (χ1) is 15.3. The number of alkyl halides is 3. The van der Waals surface area contributed by atoms with Gasteiger partial charge in [0.1, 0.15) is 0 Å². The van der Waals surface area contributed by atoms with Gasteiger partial charge in [-0.25, -0.2) is 13.6 Å². The first kappa shape index (κ1) is 24.7. The molecular formula is C22H24F3N3O4S. The van der Waals surface area contributed by atoms with Gasteiger partial charge in [0, 0.05) is 30.3 Å². The molecular weight excluding hydrogens is 459 g/mol. The van der Waals surface area contributed by atoms with E-state index in [1.807, 2.05) is 0 Å². The maximum atomic E-state index is 12.8. The number of likely N-dealkylation sites (tertiary alicyclic amines) is 1. The smallest absolute Gasteiger partial charge is 0.339 e. The number of aryl methyl sites for hydroxylation is 1. The number of piperidine rings is 1. The fourth-order valence-corrected chi connectivity index (χ4v) is 4.31. The Morgan fingerprint density at radius 1 is 1.06 bits per heavy atom. The van der Waals surface area contributed by atoms with Crippen LogP contribution >= 0.6 is 0 Å². The lowest BCUT2D eigenvalue weighted by atomic mass is 9.95. The van der Waals surface area contributed by atoms with Crippen LogP contribution in [0.3, 0.4) is 0 Å². The van der Waals surface area contributed by atoms with Crippen LogP contribution in [0.2, 0.25) is 0 Å². The second-order valence-corrected chi connectivity index (χ2v) is 9.65. The van der Waals surface area contributed by atoms with Crippen LogP contribution in [0, 0.1) is 19.8 Å². The van der Waals surface area contributed by atoms with Crippen molar-refractivity contribution in [2.24, 2.45) is 11.1 Å². The average molecular weight is 484 g/mol. The lowest BCUT2D eigenvalue weighted by molar-refractivity contribution is -0.137. The molecule has 0 aromatic heterocycles. The number of sulfonamides is 1. The summed E-state index contributed by atoms with van der Waals surface area (Å²) in [5.41, 5.74) is 1.05. The highest BCUT2D eigenvalue weighted by Crippen LogP contribution is 2.30. The van der Waals surface area contributed by atoms with Crippen LogP contribution in [-0.2, 0) is 21.0 Å². The standard InChI is InChI=1S/C22H24F3N3O4S/c1-13-11-18(33(26,31)32)12-19(14(13)2)27-20(29)15-7-9-28(10-8-15)21(30)16-3-5-17(6-4-16)22(23,24)25/h3-6,11-12,15H,7-10H2,1-2H3,(H,27,29)(H2,26,31,32). The first-order valence-corrected chi connectivity index (χ1v) is 11.7. The molecule has 0 aliphatic carbocycles. The summed E-state index contributed by atoms with van der Waals surface area (Å²) in [5, 5.41) is 7.97. The van der Waals surface area contributed by atoms with Crippen molar-refractivity contribution in [1.82, 2.24) is 4.90 Å². The summed E-state index contributed by atoms with van der Waals surface area (Å²) in [7, 11) is -3.94.